The first-order chi connectivity index (χ1) is 17.5. The molecule has 202 valence electrons. The quantitative estimate of drug-likeness (QED) is 0.301. The maximum Gasteiger partial charge on any atom is 0.197 e. The van der Waals surface area contributed by atoms with Gasteiger partial charge in [0.05, 0.1) is 54.7 Å². The van der Waals surface area contributed by atoms with Crippen molar-refractivity contribution in [2.24, 2.45) is 4.02 Å². The Kier molecular flexibility index (Phi) is 9.10. The molecule has 2 aromatic carbocycles. The highest BCUT2D eigenvalue weighted by Gasteiger charge is 2.34. The zero-order valence-corrected chi connectivity index (χ0v) is 24.4. The molecule has 0 aliphatic carbocycles. The van der Waals surface area contributed by atoms with Crippen molar-refractivity contribution in [2.75, 3.05) is 26.9 Å². The Morgan fingerprint density at radius 3 is 2.32 bits per heavy atom. The van der Waals surface area contributed by atoms with E-state index in [4.69, 9.17) is 18.9 Å². The molecule has 1 aliphatic rings. The average Bonchev–Trinajstić information content (AvgIpc) is 3.17. The van der Waals surface area contributed by atoms with Gasteiger partial charge in [0.1, 0.15) is 5.84 Å². The zero-order chi connectivity index (χ0) is 27.5. The molecule has 0 amide bonds. The van der Waals surface area contributed by atoms with Crippen molar-refractivity contribution in [3.8, 4) is 23.0 Å². The lowest BCUT2D eigenvalue weighted by Gasteiger charge is -2.26. The summed E-state index contributed by atoms with van der Waals surface area (Å²) < 4.78 is 42.7. The van der Waals surface area contributed by atoms with Crippen molar-refractivity contribution in [2.45, 2.75) is 66.5 Å². The molecular formula is C28H36BrFN2O5. The molecule has 0 atom stereocenters. The highest BCUT2D eigenvalue weighted by atomic mass is 79.9. The minimum atomic E-state index is -0.553. The second kappa shape index (κ2) is 11.7. The summed E-state index contributed by atoms with van der Waals surface area (Å²) in [5.41, 5.74) is 2.02. The van der Waals surface area contributed by atoms with E-state index in [9.17, 15) is 4.79 Å². The van der Waals surface area contributed by atoms with E-state index in [1.807, 2.05) is 26.8 Å². The van der Waals surface area contributed by atoms with Gasteiger partial charge in [-0.1, -0.05) is 20.8 Å². The van der Waals surface area contributed by atoms with Crippen molar-refractivity contribution in [1.82, 2.24) is 4.90 Å². The average molecular weight is 580 g/mol. The summed E-state index contributed by atoms with van der Waals surface area (Å²) in [6.45, 7) is 14.6. The van der Waals surface area contributed by atoms with Crippen LogP contribution in [0.15, 0.2) is 22.2 Å². The molecule has 0 saturated heterocycles. The molecule has 0 radical (unpaired) electrons. The maximum absolute atomic E-state index is 15.6. The normalized spacial score (nSPS) is 14.2. The van der Waals surface area contributed by atoms with E-state index in [1.54, 1.807) is 31.1 Å². The number of benzene rings is 2. The van der Waals surface area contributed by atoms with Gasteiger partial charge in [0.2, 0.25) is 0 Å². The molecule has 3 rings (SSSR count). The number of rotatable bonds is 10. The zero-order valence-electron chi connectivity index (χ0n) is 22.8. The van der Waals surface area contributed by atoms with Crippen LogP contribution in [0.3, 0.4) is 0 Å². The van der Waals surface area contributed by atoms with E-state index in [1.165, 1.54) is 0 Å². The molecule has 9 heteroatoms. The van der Waals surface area contributed by atoms with Crippen molar-refractivity contribution in [1.29, 1.82) is 0 Å². The molecule has 37 heavy (non-hydrogen) atoms. The molecule has 0 N–H and O–H groups in total. The smallest absolute Gasteiger partial charge is 0.197 e. The number of ketones is 1. The van der Waals surface area contributed by atoms with E-state index >= 15 is 4.39 Å². The first kappa shape index (κ1) is 28.8. The summed E-state index contributed by atoms with van der Waals surface area (Å²) in [5, 5.41) is 0. The molecule has 0 saturated carbocycles. The molecule has 0 aromatic heterocycles. The number of hydrogen-bond donors (Lipinski definition) is 0. The maximum atomic E-state index is 15.6. The number of fused-ring (bicyclic) bond motifs is 1. The van der Waals surface area contributed by atoms with Crippen LogP contribution in [0.25, 0.3) is 0 Å². The van der Waals surface area contributed by atoms with Gasteiger partial charge in [0, 0.05) is 17.7 Å². The number of amidine groups is 1. The Morgan fingerprint density at radius 2 is 1.78 bits per heavy atom. The minimum absolute atomic E-state index is 0.0104. The molecule has 7 nitrogen and oxygen atoms in total. The van der Waals surface area contributed by atoms with Crippen molar-refractivity contribution >= 4 is 27.8 Å². The van der Waals surface area contributed by atoms with Crippen molar-refractivity contribution < 1.29 is 28.1 Å². The lowest BCUT2D eigenvalue weighted by molar-refractivity contribution is 0.0962. The van der Waals surface area contributed by atoms with Crippen LogP contribution in [-0.2, 0) is 12.0 Å². The number of halogens is 2. The Hall–Kier alpha value is -2.81. The summed E-state index contributed by atoms with van der Waals surface area (Å²) in [6.07, 6.45) is -0.102. The first-order valence-electron chi connectivity index (χ1n) is 12.4. The third-order valence-electron chi connectivity index (χ3n) is 5.91. The van der Waals surface area contributed by atoms with Gasteiger partial charge in [-0.3, -0.25) is 4.79 Å². The molecular weight excluding hydrogens is 543 g/mol. The lowest BCUT2D eigenvalue weighted by atomic mass is 9.84. The Bertz CT molecular complexity index is 1190. The monoisotopic (exact) mass is 578 g/mol. The number of carbonyl (C=O) groups is 1. The highest BCUT2D eigenvalue weighted by molar-refractivity contribution is 9.08. The second-order valence-electron chi connectivity index (χ2n) is 10.1. The fourth-order valence-electron chi connectivity index (χ4n) is 4.37. The summed E-state index contributed by atoms with van der Waals surface area (Å²) in [4.78, 5) is 15.3. The largest absolute Gasteiger partial charge is 0.493 e. The molecule has 0 spiro atoms. The summed E-state index contributed by atoms with van der Waals surface area (Å²) in [7, 11) is 1.60. The summed E-state index contributed by atoms with van der Waals surface area (Å²) in [5.74, 6) is 1.13. The standard InChI is InChI=1S/C28H36BrFN2O5/c1-9-35-21-13-18-14-32(27(31-29)23(18)24(30)26(21)36-10-2)15-20(33)17-11-19(28(5,6)7)25(34-8)22(12-17)37-16(3)4/h11-13,16H,9-10,14-15H2,1-8H3/b31-27-. The van der Waals surface area contributed by atoms with Crippen LogP contribution in [0.5, 0.6) is 23.0 Å². The van der Waals surface area contributed by atoms with E-state index in [0.29, 0.717) is 52.9 Å². The fraction of sp³-hybridized carbons (Fsp3) is 0.500. The Morgan fingerprint density at radius 1 is 1.11 bits per heavy atom. The van der Waals surface area contributed by atoms with Crippen LogP contribution < -0.4 is 18.9 Å². The molecule has 0 bridgehead atoms. The predicted molar refractivity (Wildman–Crippen MR) is 146 cm³/mol. The summed E-state index contributed by atoms with van der Waals surface area (Å²) >= 11 is 3.13. The van der Waals surface area contributed by atoms with Crippen LogP contribution in [0.4, 0.5) is 4.39 Å². The Balaban J connectivity index is 2.01. The number of carbonyl (C=O) groups excluding carboxylic acids is 1. The third kappa shape index (κ3) is 6.03. The first-order valence-corrected chi connectivity index (χ1v) is 13.1. The topological polar surface area (TPSA) is 69.6 Å². The van der Waals surface area contributed by atoms with E-state index < -0.39 is 5.82 Å². The minimum Gasteiger partial charge on any atom is -0.493 e. The predicted octanol–water partition coefficient (Wildman–Crippen LogP) is 6.47. The van der Waals surface area contributed by atoms with Crippen LogP contribution in [-0.4, -0.2) is 49.5 Å². The van der Waals surface area contributed by atoms with Crippen molar-refractivity contribution in [3.63, 3.8) is 0 Å². The van der Waals surface area contributed by atoms with Crippen LogP contribution in [0.2, 0.25) is 0 Å². The van der Waals surface area contributed by atoms with Crippen LogP contribution in [0, 0.1) is 5.82 Å². The molecule has 0 unspecified atom stereocenters. The van der Waals surface area contributed by atoms with Gasteiger partial charge >= 0.3 is 0 Å². The third-order valence-corrected chi connectivity index (χ3v) is 6.24. The molecule has 2 aromatic rings. The fourth-order valence-corrected chi connectivity index (χ4v) is 4.77. The molecule has 1 heterocycles. The number of methoxy groups -OCH3 is 1. The van der Waals surface area contributed by atoms with Gasteiger partial charge in [-0.05, 0) is 56.9 Å². The number of ether oxygens (including phenoxy) is 4. The molecule has 1 aliphatic heterocycles. The second-order valence-corrected chi connectivity index (χ2v) is 10.4. The highest BCUT2D eigenvalue weighted by Crippen LogP contribution is 2.42. The van der Waals surface area contributed by atoms with E-state index in [0.717, 1.165) is 5.56 Å². The number of nitrogens with zero attached hydrogens (tertiary/aromatic N) is 2. The van der Waals surface area contributed by atoms with Crippen molar-refractivity contribution in [3.05, 3.63) is 46.3 Å². The lowest BCUT2D eigenvalue weighted by Crippen LogP contribution is -2.31. The van der Waals surface area contributed by atoms with Gasteiger partial charge in [-0.25, -0.2) is 4.39 Å². The SMILES string of the molecule is CCOc1cc2c(c(F)c1OCC)/C(=N/Br)N(CC(=O)c1cc(OC(C)C)c(OC)c(C(C)(C)C)c1)C2. The van der Waals surface area contributed by atoms with Gasteiger partial charge in [0.25, 0.3) is 0 Å². The number of hydrogen-bond acceptors (Lipinski definition) is 6. The van der Waals surface area contributed by atoms with Gasteiger partial charge < -0.3 is 23.8 Å². The van der Waals surface area contributed by atoms with Crippen LogP contribution >= 0.6 is 16.1 Å². The van der Waals surface area contributed by atoms with Crippen LogP contribution in [0.1, 0.15) is 75.5 Å². The van der Waals surface area contributed by atoms with Gasteiger partial charge in [-0.2, -0.15) is 4.02 Å². The summed E-state index contributed by atoms with van der Waals surface area (Å²) in [6, 6.07) is 5.32. The number of Topliss-reactive ketones (excluding diaryl/α,β-unsaturated/α-hetero) is 1. The molecule has 0 fully saturated rings. The van der Waals surface area contributed by atoms with Gasteiger partial charge in [-0.15, -0.1) is 0 Å². The van der Waals surface area contributed by atoms with E-state index in [-0.39, 0.29) is 36.2 Å². The Labute approximate surface area is 227 Å². The van der Waals surface area contributed by atoms with Gasteiger partial charge in [0.15, 0.2) is 34.6 Å². The van der Waals surface area contributed by atoms with E-state index in [2.05, 4.69) is 40.9 Å².